The second-order valence-corrected chi connectivity index (χ2v) is 6.26. The Morgan fingerprint density at radius 3 is 3.00 bits per heavy atom. The molecule has 2 heterocycles. The molecule has 1 aliphatic rings. The van der Waals surface area contributed by atoms with E-state index in [4.69, 9.17) is 9.26 Å². The van der Waals surface area contributed by atoms with E-state index < -0.39 is 5.97 Å². The van der Waals surface area contributed by atoms with E-state index in [0.29, 0.717) is 24.1 Å². The number of ether oxygens (including phenoxy) is 1. The van der Waals surface area contributed by atoms with E-state index in [9.17, 15) is 14.0 Å². The summed E-state index contributed by atoms with van der Waals surface area (Å²) in [5, 5.41) is 3.77. The summed E-state index contributed by atoms with van der Waals surface area (Å²) in [6.45, 7) is 1.96. The Morgan fingerprint density at radius 2 is 2.19 bits per heavy atom. The smallest absolute Gasteiger partial charge is 0.326 e. The third kappa shape index (κ3) is 4.44. The van der Waals surface area contributed by atoms with Crippen molar-refractivity contribution in [2.24, 2.45) is 0 Å². The lowest BCUT2D eigenvalue weighted by atomic mass is 10.1. The monoisotopic (exact) mass is 361 g/mol. The first-order valence-corrected chi connectivity index (χ1v) is 8.55. The summed E-state index contributed by atoms with van der Waals surface area (Å²) in [5.74, 6) is -0.584. The standard InChI is InChI=1S/C18H20FN3O4/c1-12-6-7-13(9-14(12)19)18-20-15(26-21-18)11-25-17(24)10-22-8-4-2-3-5-16(22)23/h6-7,9H,2-5,8,10-11H2,1H3. The molecule has 1 aromatic carbocycles. The van der Waals surface area contributed by atoms with Crippen molar-refractivity contribution in [3.63, 3.8) is 0 Å². The molecule has 1 amide bonds. The van der Waals surface area contributed by atoms with Crippen molar-refractivity contribution in [1.82, 2.24) is 15.0 Å². The average Bonchev–Trinajstić information content (AvgIpc) is 3.01. The van der Waals surface area contributed by atoms with Gasteiger partial charge in [-0.1, -0.05) is 23.7 Å². The molecule has 3 rings (SSSR count). The highest BCUT2D eigenvalue weighted by Gasteiger charge is 2.20. The van der Waals surface area contributed by atoms with Gasteiger partial charge in [-0.15, -0.1) is 0 Å². The maximum atomic E-state index is 13.6. The summed E-state index contributed by atoms with van der Waals surface area (Å²) >= 11 is 0. The van der Waals surface area contributed by atoms with Crippen LogP contribution in [0, 0.1) is 12.7 Å². The lowest BCUT2D eigenvalue weighted by Gasteiger charge is -2.18. The van der Waals surface area contributed by atoms with Gasteiger partial charge in [-0.2, -0.15) is 4.98 Å². The number of halogens is 1. The van der Waals surface area contributed by atoms with Gasteiger partial charge in [0.2, 0.25) is 11.7 Å². The van der Waals surface area contributed by atoms with E-state index in [1.54, 1.807) is 19.1 Å². The molecule has 1 fully saturated rings. The SMILES string of the molecule is Cc1ccc(-c2noc(COC(=O)CN3CCCCCC3=O)n2)cc1F. The van der Waals surface area contributed by atoms with E-state index in [2.05, 4.69) is 10.1 Å². The van der Waals surface area contributed by atoms with Crippen LogP contribution in [0.5, 0.6) is 0 Å². The second-order valence-electron chi connectivity index (χ2n) is 6.26. The van der Waals surface area contributed by atoms with Crippen molar-refractivity contribution in [3.8, 4) is 11.4 Å². The third-order valence-electron chi connectivity index (χ3n) is 4.25. The number of aryl methyl sites for hydroxylation is 1. The molecule has 0 unspecified atom stereocenters. The molecule has 0 N–H and O–H groups in total. The number of amides is 1. The van der Waals surface area contributed by atoms with Crippen LogP contribution in [-0.2, 0) is 20.9 Å². The molecule has 0 aliphatic carbocycles. The number of carbonyl (C=O) groups excluding carboxylic acids is 2. The Kier molecular flexibility index (Phi) is 5.60. The topological polar surface area (TPSA) is 85.5 Å². The first kappa shape index (κ1) is 18.0. The summed E-state index contributed by atoms with van der Waals surface area (Å²) < 4.78 is 23.8. The fourth-order valence-electron chi connectivity index (χ4n) is 2.71. The lowest BCUT2D eigenvalue weighted by Crippen LogP contribution is -2.35. The van der Waals surface area contributed by atoms with Crippen LogP contribution in [-0.4, -0.2) is 40.0 Å². The average molecular weight is 361 g/mol. The summed E-state index contributed by atoms with van der Waals surface area (Å²) in [6.07, 6.45) is 3.20. The maximum Gasteiger partial charge on any atom is 0.326 e. The largest absolute Gasteiger partial charge is 0.454 e. The molecule has 1 saturated heterocycles. The van der Waals surface area contributed by atoms with Gasteiger partial charge in [-0.05, 0) is 31.4 Å². The van der Waals surface area contributed by atoms with E-state index in [1.165, 1.54) is 11.0 Å². The Bertz CT molecular complexity index is 805. The van der Waals surface area contributed by atoms with Gasteiger partial charge in [0.15, 0.2) is 6.61 Å². The molecule has 26 heavy (non-hydrogen) atoms. The molecule has 0 radical (unpaired) electrons. The van der Waals surface area contributed by atoms with E-state index in [1.807, 2.05) is 0 Å². The van der Waals surface area contributed by atoms with E-state index >= 15 is 0 Å². The number of nitrogens with zero attached hydrogens (tertiary/aromatic N) is 3. The van der Waals surface area contributed by atoms with Crippen LogP contribution in [0.3, 0.4) is 0 Å². The highest BCUT2D eigenvalue weighted by atomic mass is 19.1. The van der Waals surface area contributed by atoms with Gasteiger partial charge >= 0.3 is 5.97 Å². The van der Waals surface area contributed by atoms with Crippen LogP contribution in [0.1, 0.15) is 37.1 Å². The van der Waals surface area contributed by atoms with Crippen LogP contribution in [0.2, 0.25) is 0 Å². The van der Waals surface area contributed by atoms with E-state index in [0.717, 1.165) is 19.3 Å². The molecular formula is C18H20FN3O4. The Hall–Kier alpha value is -2.77. The molecule has 8 heteroatoms. The van der Waals surface area contributed by atoms with Crippen molar-refractivity contribution in [3.05, 3.63) is 35.5 Å². The number of carbonyl (C=O) groups is 2. The first-order chi connectivity index (χ1) is 12.5. The number of hydrogen-bond acceptors (Lipinski definition) is 6. The molecule has 0 bridgehead atoms. The molecule has 0 atom stereocenters. The maximum absolute atomic E-state index is 13.6. The van der Waals surface area contributed by atoms with Crippen molar-refractivity contribution >= 4 is 11.9 Å². The number of benzene rings is 1. The third-order valence-corrected chi connectivity index (χ3v) is 4.25. The zero-order chi connectivity index (χ0) is 18.5. The Labute approximate surface area is 150 Å². The van der Waals surface area contributed by atoms with Crippen molar-refractivity contribution in [2.75, 3.05) is 13.1 Å². The summed E-state index contributed by atoms with van der Waals surface area (Å²) in [7, 11) is 0. The van der Waals surface area contributed by atoms with Crippen LogP contribution in [0.15, 0.2) is 22.7 Å². The zero-order valence-electron chi connectivity index (χ0n) is 14.5. The normalized spacial score (nSPS) is 15.0. The number of aromatic nitrogens is 2. The Morgan fingerprint density at radius 1 is 1.35 bits per heavy atom. The van der Waals surface area contributed by atoms with Crippen molar-refractivity contribution in [1.29, 1.82) is 0 Å². The summed E-state index contributed by atoms with van der Waals surface area (Å²) in [4.78, 5) is 29.4. The number of likely N-dealkylation sites (tertiary alicyclic amines) is 1. The zero-order valence-corrected chi connectivity index (χ0v) is 14.5. The summed E-state index contributed by atoms with van der Waals surface area (Å²) in [6, 6.07) is 4.63. The second kappa shape index (κ2) is 8.07. The van der Waals surface area contributed by atoms with Crippen LogP contribution in [0.25, 0.3) is 11.4 Å². The van der Waals surface area contributed by atoms with Gasteiger partial charge in [0, 0.05) is 18.5 Å². The van der Waals surface area contributed by atoms with Gasteiger partial charge in [0.1, 0.15) is 12.4 Å². The van der Waals surface area contributed by atoms with Gasteiger partial charge < -0.3 is 14.2 Å². The molecule has 0 saturated carbocycles. The molecule has 7 nitrogen and oxygen atoms in total. The predicted molar refractivity (Wildman–Crippen MR) is 89.3 cm³/mol. The predicted octanol–water partition coefficient (Wildman–Crippen LogP) is 2.63. The highest BCUT2D eigenvalue weighted by Crippen LogP contribution is 2.19. The van der Waals surface area contributed by atoms with Crippen molar-refractivity contribution in [2.45, 2.75) is 39.2 Å². The highest BCUT2D eigenvalue weighted by molar-refractivity contribution is 5.82. The Balaban J connectivity index is 1.55. The molecule has 1 aliphatic heterocycles. The van der Waals surface area contributed by atoms with Crippen molar-refractivity contribution < 1.29 is 23.2 Å². The minimum absolute atomic E-state index is 0.0269. The lowest BCUT2D eigenvalue weighted by molar-refractivity contribution is -0.150. The summed E-state index contributed by atoms with van der Waals surface area (Å²) in [5.41, 5.74) is 0.999. The van der Waals surface area contributed by atoms with Crippen LogP contribution >= 0.6 is 0 Å². The van der Waals surface area contributed by atoms with Gasteiger partial charge in [-0.25, -0.2) is 4.39 Å². The molecule has 2 aromatic rings. The number of hydrogen-bond donors (Lipinski definition) is 0. The van der Waals surface area contributed by atoms with Gasteiger partial charge in [0.25, 0.3) is 5.89 Å². The van der Waals surface area contributed by atoms with Crippen LogP contribution < -0.4 is 0 Å². The molecule has 0 spiro atoms. The quantitative estimate of drug-likeness (QED) is 0.761. The van der Waals surface area contributed by atoms with Gasteiger partial charge in [0.05, 0.1) is 0 Å². The number of esters is 1. The molecule has 1 aromatic heterocycles. The fourth-order valence-corrected chi connectivity index (χ4v) is 2.71. The van der Waals surface area contributed by atoms with E-state index in [-0.39, 0.29) is 36.6 Å². The number of rotatable bonds is 5. The fraction of sp³-hybridized carbons (Fsp3) is 0.444. The first-order valence-electron chi connectivity index (χ1n) is 8.55. The molecular weight excluding hydrogens is 341 g/mol. The minimum Gasteiger partial charge on any atom is -0.454 e. The molecule has 138 valence electrons. The minimum atomic E-state index is -0.526. The van der Waals surface area contributed by atoms with Gasteiger partial charge in [-0.3, -0.25) is 9.59 Å². The van der Waals surface area contributed by atoms with Crippen LogP contribution in [0.4, 0.5) is 4.39 Å².